The van der Waals surface area contributed by atoms with E-state index >= 15 is 0 Å². The van der Waals surface area contributed by atoms with Crippen LogP contribution in [0, 0.1) is 0 Å². The van der Waals surface area contributed by atoms with Gasteiger partial charge in [0.25, 0.3) is 0 Å². The van der Waals surface area contributed by atoms with Crippen molar-refractivity contribution in [3.05, 3.63) is 21.1 Å². The average molecular weight is 350 g/mol. The fourth-order valence-corrected chi connectivity index (χ4v) is 2.37. The maximum atomic E-state index is 10.8. The van der Waals surface area contributed by atoms with Gasteiger partial charge in [0.1, 0.15) is 23.4 Å². The van der Waals surface area contributed by atoms with Gasteiger partial charge in [-0.25, -0.2) is 0 Å². The van der Waals surface area contributed by atoms with Crippen LogP contribution in [0.25, 0.3) is 0 Å². The fourth-order valence-electron chi connectivity index (χ4n) is 1.47. The summed E-state index contributed by atoms with van der Waals surface area (Å²) in [6.45, 7) is 0. The number of carbonyl (C=O) groups excluding carboxylic acids is 1. The molecule has 0 amide bonds. The Morgan fingerprint density at radius 3 is 2.31 bits per heavy atom. The highest BCUT2D eigenvalue weighted by molar-refractivity contribution is 9.11. The highest BCUT2D eigenvalue weighted by Crippen LogP contribution is 2.37. The van der Waals surface area contributed by atoms with Crippen molar-refractivity contribution < 1.29 is 14.3 Å². The molecule has 0 saturated heterocycles. The predicted molar refractivity (Wildman–Crippen MR) is 67.1 cm³/mol. The monoisotopic (exact) mass is 348 g/mol. The minimum atomic E-state index is 0.0177. The maximum absolute atomic E-state index is 10.8. The minimum absolute atomic E-state index is 0.0177. The quantitative estimate of drug-likeness (QED) is 0.839. The van der Waals surface area contributed by atoms with Crippen molar-refractivity contribution in [2.75, 3.05) is 7.11 Å². The van der Waals surface area contributed by atoms with Crippen LogP contribution in [-0.2, 0) is 4.79 Å². The van der Waals surface area contributed by atoms with Crippen LogP contribution < -0.4 is 9.47 Å². The Balaban J connectivity index is 2.15. The Morgan fingerprint density at radius 1 is 1.19 bits per heavy atom. The number of hydrogen-bond acceptors (Lipinski definition) is 3. The van der Waals surface area contributed by atoms with Crippen molar-refractivity contribution in [1.29, 1.82) is 0 Å². The first kappa shape index (κ1) is 11.9. The second-order valence-corrected chi connectivity index (χ2v) is 5.31. The Kier molecular flexibility index (Phi) is 3.54. The molecule has 2 rings (SSSR count). The van der Waals surface area contributed by atoms with Gasteiger partial charge < -0.3 is 9.47 Å². The van der Waals surface area contributed by atoms with Gasteiger partial charge in [0, 0.05) is 12.8 Å². The minimum Gasteiger partial charge on any atom is -0.496 e. The van der Waals surface area contributed by atoms with Gasteiger partial charge in [-0.1, -0.05) is 0 Å². The SMILES string of the molecule is COc1cc(Br)c(OC2CC(=O)C2)cc1Br. The summed E-state index contributed by atoms with van der Waals surface area (Å²) in [6, 6.07) is 3.67. The van der Waals surface area contributed by atoms with Crippen molar-refractivity contribution in [2.45, 2.75) is 18.9 Å². The number of benzene rings is 1. The van der Waals surface area contributed by atoms with E-state index in [1.807, 2.05) is 12.1 Å². The number of ether oxygens (including phenoxy) is 2. The number of hydrogen-bond donors (Lipinski definition) is 0. The van der Waals surface area contributed by atoms with Crippen LogP contribution in [-0.4, -0.2) is 19.0 Å². The lowest BCUT2D eigenvalue weighted by Gasteiger charge is -2.26. The molecular weight excluding hydrogens is 340 g/mol. The van der Waals surface area contributed by atoms with Crippen LogP contribution in [0.2, 0.25) is 0 Å². The number of rotatable bonds is 3. The summed E-state index contributed by atoms with van der Waals surface area (Å²) in [5.41, 5.74) is 0. The van der Waals surface area contributed by atoms with Gasteiger partial charge in [-0.15, -0.1) is 0 Å². The zero-order chi connectivity index (χ0) is 11.7. The van der Waals surface area contributed by atoms with Crippen molar-refractivity contribution >= 4 is 37.6 Å². The summed E-state index contributed by atoms with van der Waals surface area (Å²) in [6.07, 6.45) is 1.04. The highest BCUT2D eigenvalue weighted by Gasteiger charge is 2.29. The normalized spacial score (nSPS) is 15.8. The maximum Gasteiger partial charge on any atom is 0.140 e. The van der Waals surface area contributed by atoms with E-state index in [2.05, 4.69) is 31.9 Å². The second-order valence-electron chi connectivity index (χ2n) is 3.60. The summed E-state index contributed by atoms with van der Waals surface area (Å²) in [4.78, 5) is 10.8. The molecule has 1 aromatic rings. The van der Waals surface area contributed by atoms with E-state index in [1.165, 1.54) is 0 Å². The first-order chi connectivity index (χ1) is 7.60. The molecule has 1 saturated carbocycles. The van der Waals surface area contributed by atoms with Gasteiger partial charge >= 0.3 is 0 Å². The lowest BCUT2D eigenvalue weighted by atomic mass is 9.94. The molecule has 0 bridgehead atoms. The van der Waals surface area contributed by atoms with Gasteiger partial charge in [-0.2, -0.15) is 0 Å². The van der Waals surface area contributed by atoms with Gasteiger partial charge in [-0.3, -0.25) is 4.79 Å². The summed E-state index contributed by atoms with van der Waals surface area (Å²) < 4.78 is 12.5. The standard InChI is InChI=1S/C11H10Br2O3/c1-15-10-4-9(13)11(5-8(10)12)16-7-2-6(14)3-7/h4-5,7H,2-3H2,1H3. The fraction of sp³-hybridized carbons (Fsp3) is 0.364. The summed E-state index contributed by atoms with van der Waals surface area (Å²) >= 11 is 6.80. The molecule has 1 aliphatic rings. The molecule has 1 aromatic carbocycles. The molecule has 0 atom stereocenters. The smallest absolute Gasteiger partial charge is 0.140 e. The van der Waals surface area contributed by atoms with Crippen LogP contribution >= 0.6 is 31.9 Å². The van der Waals surface area contributed by atoms with Crippen molar-refractivity contribution in [2.24, 2.45) is 0 Å². The third kappa shape index (κ3) is 2.40. The molecule has 86 valence electrons. The van der Waals surface area contributed by atoms with E-state index < -0.39 is 0 Å². The Hall–Kier alpha value is -0.550. The van der Waals surface area contributed by atoms with Gasteiger partial charge in [0.2, 0.25) is 0 Å². The molecule has 1 aliphatic carbocycles. The van der Waals surface area contributed by atoms with E-state index in [4.69, 9.17) is 9.47 Å². The molecule has 16 heavy (non-hydrogen) atoms. The van der Waals surface area contributed by atoms with E-state index in [9.17, 15) is 4.79 Å². The Bertz CT molecular complexity index is 423. The highest BCUT2D eigenvalue weighted by atomic mass is 79.9. The van der Waals surface area contributed by atoms with Crippen LogP contribution in [0.15, 0.2) is 21.1 Å². The van der Waals surface area contributed by atoms with Gasteiger partial charge in [-0.05, 0) is 44.0 Å². The van der Waals surface area contributed by atoms with Gasteiger partial charge in [0.15, 0.2) is 0 Å². The third-order valence-electron chi connectivity index (χ3n) is 2.41. The van der Waals surface area contributed by atoms with E-state index in [-0.39, 0.29) is 11.9 Å². The third-order valence-corrected chi connectivity index (χ3v) is 3.65. The van der Waals surface area contributed by atoms with Crippen molar-refractivity contribution in [3.8, 4) is 11.5 Å². The molecule has 0 radical (unpaired) electrons. The lowest BCUT2D eigenvalue weighted by molar-refractivity contribution is -0.129. The molecule has 0 spiro atoms. The lowest BCUT2D eigenvalue weighted by Crippen LogP contribution is -2.33. The molecule has 0 heterocycles. The number of ketones is 1. The van der Waals surface area contributed by atoms with Crippen LogP contribution in [0.3, 0.4) is 0 Å². The predicted octanol–water partition coefficient (Wildman–Crippen LogP) is 3.33. The van der Waals surface area contributed by atoms with Crippen LogP contribution in [0.4, 0.5) is 0 Å². The first-order valence-corrected chi connectivity index (χ1v) is 6.40. The zero-order valence-electron chi connectivity index (χ0n) is 8.63. The number of halogens is 2. The Labute approximate surface area is 110 Å². The molecule has 0 aliphatic heterocycles. The van der Waals surface area contributed by atoms with Crippen LogP contribution in [0.5, 0.6) is 11.5 Å². The number of methoxy groups -OCH3 is 1. The van der Waals surface area contributed by atoms with E-state index in [0.29, 0.717) is 12.8 Å². The second kappa shape index (κ2) is 4.75. The first-order valence-electron chi connectivity index (χ1n) is 4.81. The molecule has 5 heteroatoms. The van der Waals surface area contributed by atoms with Crippen molar-refractivity contribution in [1.82, 2.24) is 0 Å². The molecule has 3 nitrogen and oxygen atoms in total. The summed E-state index contributed by atoms with van der Waals surface area (Å²) in [7, 11) is 1.61. The largest absolute Gasteiger partial charge is 0.496 e. The molecule has 1 fully saturated rings. The molecular formula is C11H10Br2O3. The molecule has 0 aromatic heterocycles. The number of carbonyl (C=O) groups is 1. The van der Waals surface area contributed by atoms with Crippen molar-refractivity contribution in [3.63, 3.8) is 0 Å². The molecule has 0 unspecified atom stereocenters. The van der Waals surface area contributed by atoms with Gasteiger partial charge in [0.05, 0.1) is 16.1 Å². The average Bonchev–Trinajstić information content (AvgIpc) is 2.20. The van der Waals surface area contributed by atoms with E-state index in [1.54, 1.807) is 7.11 Å². The number of Topliss-reactive ketones (excluding diaryl/α,β-unsaturated/α-hetero) is 1. The summed E-state index contributed by atoms with van der Waals surface area (Å²) in [5.74, 6) is 1.72. The summed E-state index contributed by atoms with van der Waals surface area (Å²) in [5, 5.41) is 0. The van der Waals surface area contributed by atoms with Crippen LogP contribution in [0.1, 0.15) is 12.8 Å². The van der Waals surface area contributed by atoms with E-state index in [0.717, 1.165) is 20.4 Å². The zero-order valence-corrected chi connectivity index (χ0v) is 11.8. The Morgan fingerprint density at radius 2 is 1.75 bits per heavy atom. The topological polar surface area (TPSA) is 35.5 Å². The molecule has 0 N–H and O–H groups in total.